The van der Waals surface area contributed by atoms with Crippen molar-refractivity contribution in [3.8, 4) is 0 Å². The first kappa shape index (κ1) is 14.5. The second kappa shape index (κ2) is 6.52. The van der Waals surface area contributed by atoms with Gasteiger partial charge in [-0.15, -0.1) is 0 Å². The molecule has 0 amide bonds. The number of hydrogen-bond acceptors (Lipinski definition) is 2. The molecule has 21 heavy (non-hydrogen) atoms. The normalized spacial score (nSPS) is 16.3. The molecular formula is C18H22O2S. The highest BCUT2D eigenvalue weighted by Crippen LogP contribution is 2.46. The summed E-state index contributed by atoms with van der Waals surface area (Å²) in [7, 11) is 1.48. The van der Waals surface area contributed by atoms with Crippen molar-refractivity contribution < 1.29 is 9.53 Å². The molecule has 112 valence electrons. The molecule has 0 spiro atoms. The number of thiol groups is 1. The number of ether oxygens (including phenoxy) is 1. The van der Waals surface area contributed by atoms with E-state index < -0.39 is 0 Å². The van der Waals surface area contributed by atoms with Crippen LogP contribution < -0.4 is 0 Å². The molecule has 0 saturated carbocycles. The zero-order chi connectivity index (χ0) is 14.7. The molecule has 2 nitrogen and oxygen atoms in total. The third-order valence-corrected chi connectivity index (χ3v) is 7.05. The van der Waals surface area contributed by atoms with Crippen molar-refractivity contribution in [1.29, 1.82) is 0 Å². The fourth-order valence-corrected chi connectivity index (χ4v) is 5.87. The van der Waals surface area contributed by atoms with E-state index in [4.69, 9.17) is 4.74 Å². The van der Waals surface area contributed by atoms with Gasteiger partial charge in [-0.25, -0.2) is 10.9 Å². The van der Waals surface area contributed by atoms with E-state index in [9.17, 15) is 4.79 Å². The Hall–Kier alpha value is -1.48. The van der Waals surface area contributed by atoms with Crippen molar-refractivity contribution in [1.82, 2.24) is 0 Å². The summed E-state index contributed by atoms with van der Waals surface area (Å²) < 4.78 is 4.75. The maximum absolute atomic E-state index is 11.4. The summed E-state index contributed by atoms with van der Waals surface area (Å²) >= 11 is 0. The smallest absolute Gasteiger partial charge is 0.305 e. The van der Waals surface area contributed by atoms with Crippen molar-refractivity contribution in [2.75, 3.05) is 18.6 Å². The molecule has 0 unspecified atom stereocenters. The quantitative estimate of drug-likeness (QED) is 0.680. The van der Waals surface area contributed by atoms with Gasteiger partial charge in [-0.3, -0.25) is 4.79 Å². The molecule has 1 fully saturated rings. The van der Waals surface area contributed by atoms with Crippen LogP contribution in [0.5, 0.6) is 0 Å². The Morgan fingerprint density at radius 1 is 1.10 bits per heavy atom. The van der Waals surface area contributed by atoms with Crippen LogP contribution in [0.15, 0.2) is 41.3 Å². The summed E-state index contributed by atoms with van der Waals surface area (Å²) in [6.45, 7) is 0. The first-order valence-electron chi connectivity index (χ1n) is 7.62. The van der Waals surface area contributed by atoms with E-state index in [0.717, 1.165) is 6.42 Å². The van der Waals surface area contributed by atoms with E-state index in [2.05, 4.69) is 36.4 Å². The largest absolute Gasteiger partial charge is 0.469 e. The van der Waals surface area contributed by atoms with Crippen molar-refractivity contribution in [2.45, 2.75) is 30.6 Å². The third kappa shape index (κ3) is 3.08. The van der Waals surface area contributed by atoms with Crippen molar-refractivity contribution >= 4 is 27.6 Å². The highest BCUT2D eigenvalue weighted by molar-refractivity contribution is 8.17. The molecule has 0 aliphatic carbocycles. The first-order valence-corrected chi connectivity index (χ1v) is 9.33. The van der Waals surface area contributed by atoms with E-state index in [1.807, 2.05) is 0 Å². The minimum atomic E-state index is -0.136. The second-order valence-corrected chi connectivity index (χ2v) is 8.02. The fraction of sp³-hybridized carbons (Fsp3) is 0.389. The van der Waals surface area contributed by atoms with Crippen LogP contribution in [-0.2, 0) is 16.0 Å². The van der Waals surface area contributed by atoms with Crippen LogP contribution in [0.3, 0.4) is 0 Å². The maximum Gasteiger partial charge on any atom is 0.305 e. The standard InChI is InChI=1S/C18H22O2S/c1-20-18(19)11-9-14-8-10-17(21-12-4-5-13-21)16-7-3-2-6-15(14)16/h2-3,6-8,10,21H,4-5,9,11-13H2,1H3. The minimum Gasteiger partial charge on any atom is -0.469 e. The number of methoxy groups -OCH3 is 1. The van der Waals surface area contributed by atoms with E-state index >= 15 is 0 Å². The number of hydrogen-bond donors (Lipinski definition) is 1. The fourth-order valence-electron chi connectivity index (χ4n) is 3.14. The summed E-state index contributed by atoms with van der Waals surface area (Å²) in [6, 6.07) is 13.2. The van der Waals surface area contributed by atoms with Gasteiger partial charge in [-0.05, 0) is 58.1 Å². The van der Waals surface area contributed by atoms with Crippen LogP contribution in [0.4, 0.5) is 0 Å². The number of fused-ring (bicyclic) bond motifs is 1. The van der Waals surface area contributed by atoms with Gasteiger partial charge in [-0.2, -0.15) is 0 Å². The summed E-state index contributed by atoms with van der Waals surface area (Å²) in [6.07, 6.45) is 3.97. The summed E-state index contributed by atoms with van der Waals surface area (Å²) in [5.41, 5.74) is 1.26. The molecule has 1 heterocycles. The van der Waals surface area contributed by atoms with Gasteiger partial charge in [-0.1, -0.05) is 30.3 Å². The Labute approximate surface area is 128 Å². The zero-order valence-electron chi connectivity index (χ0n) is 12.5. The molecule has 1 aliphatic rings. The Balaban J connectivity index is 1.96. The number of aryl methyl sites for hydroxylation is 1. The highest BCUT2D eigenvalue weighted by Gasteiger charge is 2.16. The van der Waals surface area contributed by atoms with Crippen LogP contribution >= 0.6 is 10.9 Å². The van der Waals surface area contributed by atoms with Crippen LogP contribution in [-0.4, -0.2) is 24.6 Å². The lowest BCUT2D eigenvalue weighted by molar-refractivity contribution is -0.140. The Morgan fingerprint density at radius 2 is 1.81 bits per heavy atom. The minimum absolute atomic E-state index is 0.0312. The van der Waals surface area contributed by atoms with E-state index in [1.165, 1.54) is 47.8 Å². The van der Waals surface area contributed by atoms with Crippen LogP contribution in [0, 0.1) is 0 Å². The van der Waals surface area contributed by atoms with Crippen molar-refractivity contribution in [3.63, 3.8) is 0 Å². The predicted molar refractivity (Wildman–Crippen MR) is 90.5 cm³/mol. The van der Waals surface area contributed by atoms with Crippen LogP contribution in [0.1, 0.15) is 24.8 Å². The van der Waals surface area contributed by atoms with Gasteiger partial charge in [0.1, 0.15) is 0 Å². The molecular weight excluding hydrogens is 280 g/mol. The Bertz CT molecular complexity index is 645. The molecule has 2 aromatic carbocycles. The van der Waals surface area contributed by atoms with Gasteiger partial charge >= 0.3 is 5.97 Å². The van der Waals surface area contributed by atoms with Gasteiger partial charge < -0.3 is 4.74 Å². The highest BCUT2D eigenvalue weighted by atomic mass is 32.2. The number of rotatable bonds is 4. The van der Waals surface area contributed by atoms with Crippen molar-refractivity contribution in [2.24, 2.45) is 0 Å². The van der Waals surface area contributed by atoms with Gasteiger partial charge in [0.05, 0.1) is 7.11 Å². The SMILES string of the molecule is COC(=O)CCc1ccc([SH]2CCCC2)c2ccccc12. The van der Waals surface area contributed by atoms with Gasteiger partial charge in [0.25, 0.3) is 0 Å². The first-order chi connectivity index (χ1) is 10.3. The summed E-state index contributed by atoms with van der Waals surface area (Å²) in [5, 5.41) is 2.71. The average Bonchev–Trinajstić information content (AvgIpc) is 3.06. The number of esters is 1. The Morgan fingerprint density at radius 3 is 2.52 bits per heavy atom. The molecule has 3 heteroatoms. The number of carbonyl (C=O) groups is 1. The topological polar surface area (TPSA) is 26.3 Å². The lowest BCUT2D eigenvalue weighted by Crippen LogP contribution is -2.02. The molecule has 1 saturated heterocycles. The van der Waals surface area contributed by atoms with Gasteiger partial charge in [0.2, 0.25) is 0 Å². The second-order valence-electron chi connectivity index (χ2n) is 5.56. The van der Waals surface area contributed by atoms with Gasteiger partial charge in [0.15, 0.2) is 0 Å². The molecule has 0 atom stereocenters. The molecule has 0 N–H and O–H groups in total. The van der Waals surface area contributed by atoms with E-state index in [-0.39, 0.29) is 16.9 Å². The summed E-state index contributed by atoms with van der Waals surface area (Å²) in [5.74, 6) is 2.62. The summed E-state index contributed by atoms with van der Waals surface area (Å²) in [4.78, 5) is 12.9. The van der Waals surface area contributed by atoms with E-state index in [1.54, 1.807) is 4.90 Å². The lowest BCUT2D eigenvalue weighted by Gasteiger charge is -2.19. The lowest BCUT2D eigenvalue weighted by atomic mass is 10.0. The van der Waals surface area contributed by atoms with Gasteiger partial charge in [0, 0.05) is 6.42 Å². The van der Waals surface area contributed by atoms with Crippen molar-refractivity contribution in [3.05, 3.63) is 42.0 Å². The molecule has 0 aromatic heterocycles. The molecule has 0 radical (unpaired) electrons. The average molecular weight is 302 g/mol. The number of benzene rings is 2. The molecule has 2 aromatic rings. The van der Waals surface area contributed by atoms with Crippen LogP contribution in [0.2, 0.25) is 0 Å². The maximum atomic E-state index is 11.4. The molecule has 1 aliphatic heterocycles. The molecule has 3 rings (SSSR count). The van der Waals surface area contributed by atoms with E-state index in [0.29, 0.717) is 6.42 Å². The monoisotopic (exact) mass is 302 g/mol. The predicted octanol–water partition coefficient (Wildman–Crippen LogP) is 4.10. The zero-order valence-corrected chi connectivity index (χ0v) is 13.4. The molecule has 0 bridgehead atoms. The van der Waals surface area contributed by atoms with Crippen LogP contribution in [0.25, 0.3) is 10.8 Å². The Kier molecular flexibility index (Phi) is 4.49. The third-order valence-electron chi connectivity index (χ3n) is 4.26. The number of carbonyl (C=O) groups excluding carboxylic acids is 1.